The Bertz CT molecular complexity index is 1320. The van der Waals surface area contributed by atoms with Crippen molar-refractivity contribution in [1.29, 1.82) is 0 Å². The van der Waals surface area contributed by atoms with E-state index < -0.39 is 29.9 Å². The van der Waals surface area contributed by atoms with Crippen LogP contribution in [0.15, 0.2) is 24.7 Å². The van der Waals surface area contributed by atoms with Gasteiger partial charge in [0.2, 0.25) is 0 Å². The predicted octanol–water partition coefficient (Wildman–Crippen LogP) is 2.91. The topological polar surface area (TPSA) is 127 Å². The second-order valence-electron chi connectivity index (χ2n) is 9.62. The summed E-state index contributed by atoms with van der Waals surface area (Å²) >= 11 is 0. The number of rotatable bonds is 6. The van der Waals surface area contributed by atoms with Crippen molar-refractivity contribution >= 4 is 29.0 Å². The van der Waals surface area contributed by atoms with Crippen molar-refractivity contribution in [3.05, 3.63) is 35.9 Å². The first kappa shape index (κ1) is 22.8. The molecule has 5 heterocycles. The van der Waals surface area contributed by atoms with E-state index in [1.807, 2.05) is 6.07 Å². The average molecular weight is 501 g/mol. The summed E-state index contributed by atoms with van der Waals surface area (Å²) in [5.41, 5.74) is -0.124. The Morgan fingerprint density at radius 2 is 2.00 bits per heavy atom. The number of carboxylic acids is 1. The van der Waals surface area contributed by atoms with Crippen molar-refractivity contribution in [1.82, 2.24) is 24.4 Å². The molecular formula is C23H25F2N7O4. The highest BCUT2D eigenvalue weighted by Gasteiger charge is 2.39. The van der Waals surface area contributed by atoms with Crippen LogP contribution in [0.5, 0.6) is 0 Å². The zero-order valence-electron chi connectivity index (χ0n) is 19.3. The fourth-order valence-electron chi connectivity index (χ4n) is 5.49. The summed E-state index contributed by atoms with van der Waals surface area (Å²) in [6, 6.07) is 1.88. The fraction of sp³-hybridized carbons (Fsp3) is 0.522. The fourth-order valence-corrected chi connectivity index (χ4v) is 5.49. The molecule has 190 valence electrons. The normalized spacial score (nSPS) is 25.7. The first-order valence-electron chi connectivity index (χ1n) is 12.0. The number of alkyl halides is 2. The second kappa shape index (κ2) is 8.80. The first-order chi connectivity index (χ1) is 17.4. The van der Waals surface area contributed by atoms with Crippen molar-refractivity contribution < 1.29 is 28.2 Å². The molecule has 3 aromatic heterocycles. The molecule has 2 unspecified atom stereocenters. The Labute approximate surface area is 204 Å². The van der Waals surface area contributed by atoms with Crippen LogP contribution in [0.1, 0.15) is 60.6 Å². The maximum absolute atomic E-state index is 13.8. The Morgan fingerprint density at radius 1 is 1.19 bits per heavy atom. The lowest BCUT2D eigenvalue weighted by atomic mass is 9.86. The minimum absolute atomic E-state index is 0.0835. The summed E-state index contributed by atoms with van der Waals surface area (Å²) in [5.74, 6) is -1.17. The van der Waals surface area contributed by atoms with Crippen molar-refractivity contribution in [2.45, 2.75) is 56.7 Å². The number of amides is 1. The molecule has 1 aliphatic carbocycles. The van der Waals surface area contributed by atoms with Crippen LogP contribution >= 0.6 is 0 Å². The molecule has 2 atom stereocenters. The number of carboxylic acid groups (broad SMARTS) is 1. The van der Waals surface area contributed by atoms with Gasteiger partial charge in [0.1, 0.15) is 11.4 Å². The number of ether oxygens (including phenoxy) is 1. The summed E-state index contributed by atoms with van der Waals surface area (Å²) in [7, 11) is 0. The van der Waals surface area contributed by atoms with Gasteiger partial charge in [0.25, 0.3) is 12.3 Å². The van der Waals surface area contributed by atoms with Crippen molar-refractivity contribution in [3.63, 3.8) is 0 Å². The lowest BCUT2D eigenvalue weighted by Crippen LogP contribution is -2.37. The number of carbonyl (C=O) groups excluding carboxylic acids is 1. The van der Waals surface area contributed by atoms with Gasteiger partial charge < -0.3 is 20.1 Å². The lowest BCUT2D eigenvalue weighted by Gasteiger charge is -2.27. The van der Waals surface area contributed by atoms with Crippen LogP contribution in [0.3, 0.4) is 0 Å². The Hall–Kier alpha value is -3.61. The van der Waals surface area contributed by atoms with Crippen molar-refractivity contribution in [3.8, 4) is 0 Å². The van der Waals surface area contributed by atoms with Crippen LogP contribution in [-0.2, 0) is 9.53 Å². The Kier molecular flexibility index (Phi) is 5.58. The summed E-state index contributed by atoms with van der Waals surface area (Å²) < 4.78 is 36.1. The maximum atomic E-state index is 13.8. The number of aliphatic carboxylic acids is 1. The molecule has 2 bridgehead atoms. The van der Waals surface area contributed by atoms with Gasteiger partial charge in [-0.1, -0.05) is 0 Å². The zero-order chi connectivity index (χ0) is 25.0. The van der Waals surface area contributed by atoms with Gasteiger partial charge in [-0.2, -0.15) is 10.2 Å². The predicted molar refractivity (Wildman–Crippen MR) is 122 cm³/mol. The maximum Gasteiger partial charge on any atom is 0.306 e. The number of hydrogen-bond acceptors (Lipinski definition) is 7. The molecule has 0 radical (unpaired) electrons. The van der Waals surface area contributed by atoms with Crippen LogP contribution in [-0.4, -0.2) is 66.7 Å². The van der Waals surface area contributed by atoms with Gasteiger partial charge in [-0.25, -0.2) is 18.3 Å². The quantitative estimate of drug-likeness (QED) is 0.528. The van der Waals surface area contributed by atoms with Crippen molar-refractivity contribution in [2.75, 3.05) is 23.4 Å². The molecular weight excluding hydrogens is 476 g/mol. The van der Waals surface area contributed by atoms with E-state index in [-0.39, 0.29) is 29.4 Å². The SMILES string of the molecule is O=C(Nc1cn(C2CCC(C(=O)O)CC2)nc1C(F)F)c1cnn2ccc(N3CC4CC3CO4)nc12. The minimum Gasteiger partial charge on any atom is -0.481 e. The van der Waals surface area contributed by atoms with Gasteiger partial charge in [-0.15, -0.1) is 0 Å². The number of aromatic nitrogens is 5. The molecule has 11 nitrogen and oxygen atoms in total. The standard InChI is InChI=1S/C23H25F2N7O4/c24-20(25)19-17(10-32(29-19)13-3-1-12(2-4-13)23(34)35)27-22(33)16-8-26-31-6-5-18(28-21(16)31)30-9-15-7-14(30)11-36-15/h5-6,8,10,12-15,20H,1-4,7,9,11H2,(H,27,33)(H,34,35). The lowest BCUT2D eigenvalue weighted by molar-refractivity contribution is -0.143. The van der Waals surface area contributed by atoms with E-state index in [0.29, 0.717) is 43.8 Å². The third-order valence-electron chi connectivity index (χ3n) is 7.43. The molecule has 1 amide bonds. The number of nitrogens with one attached hydrogen (secondary N) is 1. The number of halogens is 2. The van der Waals surface area contributed by atoms with Crippen LogP contribution in [0, 0.1) is 5.92 Å². The minimum atomic E-state index is -2.89. The van der Waals surface area contributed by atoms with E-state index in [1.165, 1.54) is 21.6 Å². The largest absolute Gasteiger partial charge is 0.481 e. The first-order valence-corrected chi connectivity index (χ1v) is 12.0. The number of fused-ring (bicyclic) bond motifs is 3. The van der Waals surface area contributed by atoms with E-state index in [4.69, 9.17) is 4.74 Å². The molecule has 0 aromatic carbocycles. The van der Waals surface area contributed by atoms with E-state index in [0.717, 1.165) is 13.0 Å². The number of hydrogen-bond donors (Lipinski definition) is 2. The van der Waals surface area contributed by atoms with Crippen LogP contribution in [0.4, 0.5) is 20.3 Å². The second-order valence-corrected chi connectivity index (χ2v) is 9.62. The average Bonchev–Trinajstić information content (AvgIpc) is 3.66. The number of nitrogens with zero attached hydrogens (tertiary/aromatic N) is 6. The number of morpholine rings is 1. The van der Waals surface area contributed by atoms with E-state index in [1.54, 1.807) is 6.20 Å². The number of carbonyl (C=O) groups is 2. The monoisotopic (exact) mass is 501 g/mol. The zero-order valence-corrected chi connectivity index (χ0v) is 19.3. The van der Waals surface area contributed by atoms with Gasteiger partial charge in [-0.3, -0.25) is 14.3 Å². The summed E-state index contributed by atoms with van der Waals surface area (Å²) in [6.45, 7) is 1.37. The summed E-state index contributed by atoms with van der Waals surface area (Å²) in [4.78, 5) is 31.2. The van der Waals surface area contributed by atoms with Crippen LogP contribution in [0.25, 0.3) is 5.65 Å². The smallest absolute Gasteiger partial charge is 0.306 e. The van der Waals surface area contributed by atoms with Gasteiger partial charge in [0.05, 0.1) is 42.6 Å². The van der Waals surface area contributed by atoms with Gasteiger partial charge in [-0.05, 0) is 38.2 Å². The molecule has 0 spiro atoms. The van der Waals surface area contributed by atoms with Gasteiger partial charge in [0.15, 0.2) is 11.3 Å². The third kappa shape index (κ3) is 3.96. The highest BCUT2D eigenvalue weighted by atomic mass is 19.3. The molecule has 3 fully saturated rings. The molecule has 3 aliphatic rings. The van der Waals surface area contributed by atoms with E-state index >= 15 is 0 Å². The highest BCUT2D eigenvalue weighted by molar-refractivity contribution is 6.08. The van der Waals surface area contributed by atoms with Crippen LogP contribution < -0.4 is 10.2 Å². The van der Waals surface area contributed by atoms with Gasteiger partial charge in [0, 0.05) is 18.9 Å². The third-order valence-corrected chi connectivity index (χ3v) is 7.43. The van der Waals surface area contributed by atoms with Gasteiger partial charge >= 0.3 is 5.97 Å². The summed E-state index contributed by atoms with van der Waals surface area (Å²) in [6.07, 6.45) is 4.64. The van der Waals surface area contributed by atoms with Crippen LogP contribution in [0.2, 0.25) is 0 Å². The molecule has 6 rings (SSSR count). The molecule has 36 heavy (non-hydrogen) atoms. The Morgan fingerprint density at radius 3 is 2.67 bits per heavy atom. The molecule has 2 saturated heterocycles. The van der Waals surface area contributed by atoms with E-state index in [2.05, 4.69) is 25.4 Å². The number of anilines is 2. The van der Waals surface area contributed by atoms with E-state index in [9.17, 15) is 23.5 Å². The molecule has 2 N–H and O–H groups in total. The van der Waals surface area contributed by atoms with Crippen molar-refractivity contribution in [2.24, 2.45) is 5.92 Å². The molecule has 3 aromatic rings. The molecule has 1 saturated carbocycles. The summed E-state index contributed by atoms with van der Waals surface area (Å²) in [5, 5.41) is 20.0. The Balaban J connectivity index is 1.23. The highest BCUT2D eigenvalue weighted by Crippen LogP contribution is 2.35. The molecule has 2 aliphatic heterocycles. The molecule has 13 heteroatoms.